The molecule has 2 aromatic rings. The first kappa shape index (κ1) is 18.0. The Morgan fingerprint density at radius 3 is 2.72 bits per heavy atom. The van der Waals surface area contributed by atoms with Crippen molar-refractivity contribution in [1.29, 1.82) is 0 Å². The van der Waals surface area contributed by atoms with E-state index in [-0.39, 0.29) is 29.9 Å². The molecule has 1 saturated heterocycles. The van der Waals surface area contributed by atoms with Crippen LogP contribution in [0.3, 0.4) is 0 Å². The van der Waals surface area contributed by atoms with Gasteiger partial charge in [0.15, 0.2) is 0 Å². The van der Waals surface area contributed by atoms with Crippen LogP contribution in [-0.2, 0) is 11.3 Å². The zero-order valence-corrected chi connectivity index (χ0v) is 15.1. The van der Waals surface area contributed by atoms with E-state index in [1.807, 2.05) is 0 Å². The average Bonchev–Trinajstić information content (AvgIpc) is 3.09. The number of halogens is 3. The number of carbonyl (C=O) groups is 1. The predicted molar refractivity (Wildman–Crippen MR) is 94.2 cm³/mol. The Labute approximate surface area is 153 Å². The highest BCUT2D eigenvalue weighted by atomic mass is 79.9. The summed E-state index contributed by atoms with van der Waals surface area (Å²) in [6, 6.07) is 10.1. The number of hydrogen-bond acceptors (Lipinski definition) is 2. The van der Waals surface area contributed by atoms with E-state index in [1.165, 1.54) is 30.3 Å². The number of carbonyl (C=O) groups excluding carboxylic acids is 1. The Bertz CT molecular complexity index is 763. The number of hydrogen-bond donors (Lipinski definition) is 0. The van der Waals surface area contributed by atoms with Crippen molar-refractivity contribution in [3.8, 4) is 0 Å². The quantitative estimate of drug-likeness (QED) is 0.724. The Morgan fingerprint density at radius 2 is 2.00 bits per heavy atom. The minimum Gasteiger partial charge on any atom is -0.376 e. The van der Waals surface area contributed by atoms with E-state index in [0.29, 0.717) is 23.2 Å². The molecule has 2 aromatic carbocycles. The lowest BCUT2D eigenvalue weighted by molar-refractivity contribution is 0.0506. The fourth-order valence-electron chi connectivity index (χ4n) is 2.94. The molecule has 0 radical (unpaired) electrons. The highest BCUT2D eigenvalue weighted by molar-refractivity contribution is 9.10. The minimum atomic E-state index is -0.477. The van der Waals surface area contributed by atoms with Crippen LogP contribution in [0.15, 0.2) is 46.9 Å². The summed E-state index contributed by atoms with van der Waals surface area (Å²) in [5.74, 6) is -1.14. The van der Waals surface area contributed by atoms with Crippen LogP contribution in [0.5, 0.6) is 0 Å². The molecule has 0 saturated carbocycles. The van der Waals surface area contributed by atoms with Gasteiger partial charge < -0.3 is 9.64 Å². The monoisotopic (exact) mass is 409 g/mol. The van der Waals surface area contributed by atoms with Crippen molar-refractivity contribution in [1.82, 2.24) is 4.90 Å². The summed E-state index contributed by atoms with van der Waals surface area (Å²) in [6.07, 6.45) is 1.78. The number of benzene rings is 2. The first-order valence-electron chi connectivity index (χ1n) is 8.13. The van der Waals surface area contributed by atoms with Crippen molar-refractivity contribution in [2.24, 2.45) is 0 Å². The van der Waals surface area contributed by atoms with Gasteiger partial charge in [-0.15, -0.1) is 0 Å². The van der Waals surface area contributed by atoms with Crippen LogP contribution < -0.4 is 0 Å². The fraction of sp³-hybridized carbons (Fsp3) is 0.316. The van der Waals surface area contributed by atoms with Crippen LogP contribution in [0.1, 0.15) is 28.8 Å². The molecule has 0 bridgehead atoms. The third-order valence-corrected chi connectivity index (χ3v) is 4.85. The molecule has 0 spiro atoms. The molecule has 1 amide bonds. The molecule has 1 aliphatic heterocycles. The summed E-state index contributed by atoms with van der Waals surface area (Å²) < 4.78 is 33.2. The first-order chi connectivity index (χ1) is 12.0. The summed E-state index contributed by atoms with van der Waals surface area (Å²) >= 11 is 3.30. The summed E-state index contributed by atoms with van der Waals surface area (Å²) in [4.78, 5) is 14.6. The maximum absolute atomic E-state index is 13.6. The molecule has 0 aliphatic carbocycles. The molecular weight excluding hydrogens is 392 g/mol. The smallest absolute Gasteiger partial charge is 0.255 e. The van der Waals surface area contributed by atoms with Gasteiger partial charge >= 0.3 is 0 Å². The molecule has 132 valence electrons. The highest BCUT2D eigenvalue weighted by Crippen LogP contribution is 2.23. The Hall–Kier alpha value is -1.79. The molecule has 1 unspecified atom stereocenters. The number of nitrogens with zero attached hydrogens (tertiary/aromatic N) is 1. The zero-order valence-electron chi connectivity index (χ0n) is 13.6. The molecule has 3 rings (SSSR count). The van der Waals surface area contributed by atoms with Crippen LogP contribution in [0.4, 0.5) is 8.78 Å². The third-order valence-electron chi connectivity index (χ3n) is 4.16. The molecule has 1 aliphatic rings. The maximum atomic E-state index is 13.6. The van der Waals surface area contributed by atoms with Gasteiger partial charge in [-0.2, -0.15) is 0 Å². The number of rotatable bonds is 5. The molecule has 1 heterocycles. The van der Waals surface area contributed by atoms with Gasteiger partial charge in [-0.1, -0.05) is 12.1 Å². The SMILES string of the molecule is O=C(c1cc(F)ccc1Br)N(Cc1cccc(F)c1)CC1CCCO1. The van der Waals surface area contributed by atoms with Crippen molar-refractivity contribution in [3.63, 3.8) is 0 Å². The van der Waals surface area contributed by atoms with Crippen molar-refractivity contribution < 1.29 is 18.3 Å². The molecule has 1 fully saturated rings. The van der Waals surface area contributed by atoms with E-state index in [1.54, 1.807) is 17.0 Å². The first-order valence-corrected chi connectivity index (χ1v) is 8.92. The fourth-order valence-corrected chi connectivity index (χ4v) is 3.36. The van der Waals surface area contributed by atoms with Crippen LogP contribution in [0.25, 0.3) is 0 Å². The van der Waals surface area contributed by atoms with Crippen molar-refractivity contribution in [2.45, 2.75) is 25.5 Å². The van der Waals surface area contributed by atoms with Gasteiger partial charge in [-0.25, -0.2) is 8.78 Å². The molecule has 0 N–H and O–H groups in total. The minimum absolute atomic E-state index is 0.0511. The summed E-state index contributed by atoms with van der Waals surface area (Å²) in [5.41, 5.74) is 0.924. The van der Waals surface area contributed by atoms with Crippen LogP contribution in [0, 0.1) is 11.6 Å². The summed E-state index contributed by atoms with van der Waals surface area (Å²) in [7, 11) is 0. The summed E-state index contributed by atoms with van der Waals surface area (Å²) in [6.45, 7) is 1.30. The Balaban J connectivity index is 1.86. The largest absolute Gasteiger partial charge is 0.376 e. The maximum Gasteiger partial charge on any atom is 0.255 e. The number of amides is 1. The van der Waals surface area contributed by atoms with Crippen molar-refractivity contribution in [2.75, 3.05) is 13.2 Å². The van der Waals surface area contributed by atoms with Crippen LogP contribution in [-0.4, -0.2) is 30.1 Å². The third kappa shape index (κ3) is 4.64. The van der Waals surface area contributed by atoms with Gasteiger partial charge in [-0.3, -0.25) is 4.79 Å². The Kier molecular flexibility index (Phi) is 5.81. The standard InChI is InChI=1S/C19H18BrF2NO2/c20-18-7-6-15(22)10-17(18)19(24)23(12-16-5-2-8-25-16)11-13-3-1-4-14(21)9-13/h1,3-4,6-7,9-10,16H,2,5,8,11-12H2. The van der Waals surface area contributed by atoms with Crippen LogP contribution in [0.2, 0.25) is 0 Å². The van der Waals surface area contributed by atoms with E-state index in [2.05, 4.69) is 15.9 Å². The van der Waals surface area contributed by atoms with Gasteiger partial charge in [0.25, 0.3) is 5.91 Å². The second kappa shape index (κ2) is 8.06. The van der Waals surface area contributed by atoms with Gasteiger partial charge in [-0.05, 0) is 64.7 Å². The van der Waals surface area contributed by atoms with Gasteiger partial charge in [0, 0.05) is 24.2 Å². The van der Waals surface area contributed by atoms with E-state index in [4.69, 9.17) is 4.74 Å². The van der Waals surface area contributed by atoms with Crippen LogP contribution >= 0.6 is 15.9 Å². The summed E-state index contributed by atoms with van der Waals surface area (Å²) in [5, 5.41) is 0. The lowest BCUT2D eigenvalue weighted by Gasteiger charge is -2.26. The second-order valence-corrected chi connectivity index (χ2v) is 6.93. The molecule has 0 aromatic heterocycles. The topological polar surface area (TPSA) is 29.5 Å². The molecule has 25 heavy (non-hydrogen) atoms. The van der Waals surface area contributed by atoms with Crippen molar-refractivity contribution in [3.05, 3.63) is 69.7 Å². The lowest BCUT2D eigenvalue weighted by Crippen LogP contribution is -2.37. The van der Waals surface area contributed by atoms with E-state index < -0.39 is 5.82 Å². The highest BCUT2D eigenvalue weighted by Gasteiger charge is 2.25. The number of ether oxygens (including phenoxy) is 1. The molecule has 6 heteroatoms. The Morgan fingerprint density at radius 1 is 1.20 bits per heavy atom. The van der Waals surface area contributed by atoms with Gasteiger partial charge in [0.05, 0.1) is 11.7 Å². The van der Waals surface area contributed by atoms with Crippen molar-refractivity contribution >= 4 is 21.8 Å². The van der Waals surface area contributed by atoms with E-state index in [9.17, 15) is 13.6 Å². The second-order valence-electron chi connectivity index (χ2n) is 6.07. The van der Waals surface area contributed by atoms with Gasteiger partial charge in [0.2, 0.25) is 0 Å². The molecular formula is C19H18BrF2NO2. The van der Waals surface area contributed by atoms with E-state index >= 15 is 0 Å². The molecule has 3 nitrogen and oxygen atoms in total. The normalized spacial score (nSPS) is 16.8. The predicted octanol–water partition coefficient (Wildman–Crippen LogP) is 4.55. The van der Waals surface area contributed by atoms with Gasteiger partial charge in [0.1, 0.15) is 11.6 Å². The van der Waals surface area contributed by atoms with E-state index in [0.717, 1.165) is 12.8 Å². The average molecular weight is 410 g/mol. The molecule has 1 atom stereocenters. The lowest BCUT2D eigenvalue weighted by atomic mass is 10.1. The zero-order chi connectivity index (χ0) is 17.8.